The maximum Gasteiger partial charge on any atom is 1.00 e. The van der Waals surface area contributed by atoms with Crippen LogP contribution in [0.2, 0.25) is 0 Å². The van der Waals surface area contributed by atoms with Gasteiger partial charge in [0.2, 0.25) is 0 Å². The van der Waals surface area contributed by atoms with E-state index in [-0.39, 0.29) is 174 Å². The second kappa shape index (κ2) is 57.1. The molecule has 0 heterocycles. The quantitative estimate of drug-likeness (QED) is 0.0223. The van der Waals surface area contributed by atoms with E-state index in [0.29, 0.717) is 43.7 Å². The van der Waals surface area contributed by atoms with Gasteiger partial charge in [-0.1, -0.05) is 340 Å². The molecular formula is C105H89B3Br5F5K2O12. The Hall–Kier alpha value is -8.95. The number of ether oxygens (including phenoxy) is 3. The predicted molar refractivity (Wildman–Crippen MR) is 542 cm³/mol. The summed E-state index contributed by atoms with van der Waals surface area (Å²) in [5.41, 5.74) is 10.8. The number of hydrogen-bond donors (Lipinski definition) is 6. The molecule has 6 N–H and O–H groups in total. The van der Waals surface area contributed by atoms with E-state index in [1.165, 1.54) is 36.4 Å². The van der Waals surface area contributed by atoms with Crippen LogP contribution in [0.1, 0.15) is 21.8 Å². The molecule has 0 atom stereocenters. The standard InChI is InChI=1S/C24H19FO.C22H15FO2.C16H12BFO2.C16H11F.C10H6BrF.C8H9BrO2.C6H7BO2.CH2O3.2CH4.BBr3.2K.H/c1-16-9-8-14-22(26-2)23(16)21-15-20(17-10-4-3-5-11-17)18-12-6-7-13-19(18)24(21)25;23-22-16-10-5-4-9-15(16)17(14-7-2-1-3-8-14)13-18(22)21-19(24)11-6-12-20(21)25;18-16-13-9-5-4-8-12(13)14(10-15(16)17(19)20)11-6-2-1-3-7-11;17-16-11-10-13(12-6-2-1-3-7-12)14-8-4-5-9-15(14)16;11-9-5-6-10(12)8-4-2-1-3-7(8)9;1-10-6-4-3-5-7(11-2)8(6)9;8-7(9)6-4-2-1-3-5-6;2-1-4-3;;;2-1(3)4;;;/h3-15H,1-2H3;1-13,24-25H;1-10,19-20H;1-11H;1-6H;3-5H,1-2H3;1-5,8-9H;1,3H;2*1H4;;;;/q;;;;;;;;;;;2*+1;-1/p-1. The van der Waals surface area contributed by atoms with Crippen LogP contribution in [0.4, 0.5) is 22.0 Å². The Morgan fingerprint density at radius 1 is 0.333 bits per heavy atom. The summed E-state index contributed by atoms with van der Waals surface area (Å²) in [5.74, 6) is 0.317. The fraction of sp³-hybridized carbons (Fsp3) is 0.0571. The molecule has 662 valence electrons. The summed E-state index contributed by atoms with van der Waals surface area (Å²) in [7, 11) is 1.70. The number of methoxy groups -OCH3 is 3. The Labute approximate surface area is 894 Å². The predicted octanol–water partition coefficient (Wildman–Crippen LogP) is 20.9. The minimum absolute atomic E-state index is 0. The first-order valence-electron chi connectivity index (χ1n) is 39.2. The van der Waals surface area contributed by atoms with E-state index in [4.69, 9.17) is 34.3 Å². The Morgan fingerprint density at radius 2 is 0.629 bits per heavy atom. The van der Waals surface area contributed by atoms with Crippen molar-refractivity contribution in [2.45, 2.75) is 21.8 Å². The molecule has 0 bridgehead atoms. The first kappa shape index (κ1) is 112. The number of aromatic hydroxyl groups is 2. The molecule has 0 aliphatic heterocycles. The van der Waals surface area contributed by atoms with Gasteiger partial charge in [-0.25, -0.2) is 22.0 Å². The molecule has 0 aliphatic carbocycles. The van der Waals surface area contributed by atoms with E-state index in [2.05, 4.69) is 96.2 Å². The van der Waals surface area contributed by atoms with Crippen molar-refractivity contribution in [1.82, 2.24) is 0 Å². The first-order valence-corrected chi connectivity index (χ1v) is 43.6. The molecule has 0 aromatic heterocycles. The molecule has 18 aromatic rings. The maximum atomic E-state index is 15.5. The molecule has 27 heteroatoms. The first-order chi connectivity index (χ1) is 61.9. The number of fused-ring (bicyclic) bond motifs is 5. The number of phenolic OH excluding ortho intramolecular Hbond substituents is 2. The summed E-state index contributed by atoms with van der Waals surface area (Å²) in [6, 6.07) is 112. The Kier molecular flexibility index (Phi) is 48.3. The summed E-state index contributed by atoms with van der Waals surface area (Å²) in [5, 5.41) is 71.7. The van der Waals surface area contributed by atoms with Crippen molar-refractivity contribution >= 4 is 168 Å². The number of aryl methyl sites for hydroxylation is 1. The second-order valence-corrected chi connectivity index (χ2v) is 35.7. The number of rotatable bonds is 12. The summed E-state index contributed by atoms with van der Waals surface area (Å²) in [4.78, 5) is 11.2. The number of halogens is 10. The van der Waals surface area contributed by atoms with Gasteiger partial charge in [0, 0.05) is 53.6 Å². The second-order valence-electron chi connectivity index (χ2n) is 27.6. The van der Waals surface area contributed by atoms with Crippen LogP contribution < -0.4 is 133 Å². The fourth-order valence-corrected chi connectivity index (χ4v) is 15.0. The average Bonchev–Trinajstić information content (AvgIpc) is 0.760. The summed E-state index contributed by atoms with van der Waals surface area (Å²) < 4.78 is 89.5. The Bertz CT molecular complexity index is 6630. The molecule has 0 aliphatic rings. The number of phenols is 2. The van der Waals surface area contributed by atoms with Crippen molar-refractivity contribution in [3.8, 4) is 95.5 Å². The van der Waals surface area contributed by atoms with Gasteiger partial charge in [-0.3, -0.25) is 4.79 Å². The van der Waals surface area contributed by atoms with Crippen LogP contribution in [0.5, 0.6) is 28.7 Å². The third-order valence-corrected chi connectivity index (χ3v) is 21.3. The molecular weight excluding hydrogens is 2060 g/mol. The molecule has 12 nitrogen and oxygen atoms in total. The average molecular weight is 2150 g/mol. The molecule has 0 unspecified atom stereocenters. The van der Waals surface area contributed by atoms with Crippen LogP contribution in [0.25, 0.3) is 121 Å². The molecule has 18 rings (SSSR count). The van der Waals surface area contributed by atoms with Gasteiger partial charge in [0.15, 0.2) is 0 Å². The zero-order valence-electron chi connectivity index (χ0n) is 71.9. The normalized spacial score (nSPS) is 9.93. The molecule has 0 saturated carbocycles. The monoisotopic (exact) mass is 2140 g/mol. The Morgan fingerprint density at radius 3 is 0.992 bits per heavy atom. The summed E-state index contributed by atoms with van der Waals surface area (Å²) >= 11 is 16.0. The van der Waals surface area contributed by atoms with Gasteiger partial charge in [-0.2, -0.15) is 0 Å². The molecule has 18 aromatic carbocycles. The SMILES string of the molecule is BrB(Br)Br.C.C.COc1cccc(C)c1-c1cc(-c2ccccc2)c2ccccc2c1F.COc1cccc(OC)c1Br.Fc1ccc(-c2ccccc2)c2ccccc12.Fc1ccc(Br)c2ccccc12.O=CO[O-].OB(O)c1cc(-c2ccccc2)c2ccccc2c1F.OB(O)c1ccccc1.Oc1cccc(O)c1-c1cc(-c2ccccc2)c2ccccc2c1F.[H-].[K+].[K+]. The van der Waals surface area contributed by atoms with Gasteiger partial charge in [0.05, 0.1) is 26.9 Å². The van der Waals surface area contributed by atoms with Gasteiger partial charge in [-0.05, 0) is 166 Å². The van der Waals surface area contributed by atoms with Crippen LogP contribution in [0.3, 0.4) is 0 Å². The van der Waals surface area contributed by atoms with Gasteiger partial charge < -0.3 is 56.1 Å². The van der Waals surface area contributed by atoms with Crippen molar-refractivity contribution in [1.29, 1.82) is 0 Å². The van der Waals surface area contributed by atoms with Crippen LogP contribution in [-0.4, -0.2) is 75.5 Å². The largest absolute Gasteiger partial charge is 1.00 e. The van der Waals surface area contributed by atoms with Crippen molar-refractivity contribution < 1.29 is 186 Å². The van der Waals surface area contributed by atoms with Gasteiger partial charge in [-0.15, -0.1) is 47.3 Å². The topological polar surface area (TPSA) is 198 Å². The zero-order chi connectivity index (χ0) is 91.8. The van der Waals surface area contributed by atoms with Crippen LogP contribution >= 0.6 is 79.1 Å². The van der Waals surface area contributed by atoms with Gasteiger partial charge >= 0.3 is 120 Å². The van der Waals surface area contributed by atoms with E-state index < -0.39 is 25.9 Å². The van der Waals surface area contributed by atoms with Crippen molar-refractivity contribution in [2.75, 3.05) is 21.3 Å². The van der Waals surface area contributed by atoms with Crippen LogP contribution in [0, 0.1) is 36.0 Å². The zero-order valence-corrected chi connectivity index (χ0v) is 85.1. The third-order valence-electron chi connectivity index (χ3n) is 19.8. The number of carbonyl (C=O) groups is 1. The minimum atomic E-state index is -1.83. The third kappa shape index (κ3) is 30.0. The Balaban J connectivity index is 0.000000275. The molecule has 0 radical (unpaired) electrons. The molecule has 0 amide bonds. The van der Waals surface area contributed by atoms with Crippen LogP contribution in [0.15, 0.2) is 379 Å². The van der Waals surface area contributed by atoms with E-state index in [1.54, 1.807) is 88.1 Å². The van der Waals surface area contributed by atoms with Crippen LogP contribution in [-0.2, 0) is 9.68 Å². The number of carbonyl (C=O) groups excluding carboxylic acids is 1. The van der Waals surface area contributed by atoms with Gasteiger partial charge in [0.1, 0.15) is 62.3 Å². The molecule has 0 spiro atoms. The van der Waals surface area contributed by atoms with E-state index >= 15 is 8.78 Å². The summed E-state index contributed by atoms with van der Waals surface area (Å²) in [6.45, 7) is 1.80. The molecule has 132 heavy (non-hydrogen) atoms. The molecule has 0 saturated heterocycles. The van der Waals surface area contributed by atoms with Crippen molar-refractivity contribution in [3.63, 3.8) is 0 Å². The molecule has 0 fully saturated rings. The summed E-state index contributed by atoms with van der Waals surface area (Å²) in [6.07, 6.45) is 0. The van der Waals surface area contributed by atoms with E-state index in [1.807, 2.05) is 262 Å². The maximum absolute atomic E-state index is 15.5. The van der Waals surface area contributed by atoms with Crippen molar-refractivity contribution in [3.05, 3.63) is 414 Å². The van der Waals surface area contributed by atoms with E-state index in [9.17, 15) is 33.4 Å². The minimum Gasteiger partial charge on any atom is -1.00 e. The van der Waals surface area contributed by atoms with Crippen molar-refractivity contribution in [2.24, 2.45) is 0 Å². The fourth-order valence-electron chi connectivity index (χ4n) is 13.9. The van der Waals surface area contributed by atoms with Gasteiger partial charge in [0.25, 0.3) is 6.47 Å². The number of hydrogen-bond acceptors (Lipinski definition) is 12. The number of benzene rings is 18. The van der Waals surface area contributed by atoms with E-state index in [0.717, 1.165) is 103 Å². The smallest absolute Gasteiger partial charge is 1.00 e.